The number of aromatic nitrogens is 1. The molecule has 1 aromatic carbocycles. The summed E-state index contributed by atoms with van der Waals surface area (Å²) in [5.74, 6) is -0.733. The summed E-state index contributed by atoms with van der Waals surface area (Å²) in [5.41, 5.74) is 0.103. The van der Waals surface area contributed by atoms with Crippen LogP contribution in [0.5, 0.6) is 0 Å². The number of methoxy groups -OCH3 is 1. The fourth-order valence-electron chi connectivity index (χ4n) is 1.73. The minimum absolute atomic E-state index is 0.0660. The largest absolute Gasteiger partial charge is 0.465 e. The fraction of sp³-hybridized carbons (Fsp3) is 0.0714. The summed E-state index contributed by atoms with van der Waals surface area (Å²) in [6, 6.07) is 9.82. The predicted octanol–water partition coefficient (Wildman–Crippen LogP) is 2.35. The van der Waals surface area contributed by atoms with Crippen molar-refractivity contribution >= 4 is 17.6 Å². The second-order valence-electron chi connectivity index (χ2n) is 3.91. The molecule has 100 valence electrons. The van der Waals surface area contributed by atoms with Crippen molar-refractivity contribution in [3.8, 4) is 17.3 Å². The number of esters is 1. The fourth-order valence-corrected chi connectivity index (χ4v) is 1.85. The van der Waals surface area contributed by atoms with Gasteiger partial charge in [0, 0.05) is 10.7 Å². The lowest BCUT2D eigenvalue weighted by Gasteiger charge is -2.06. The average molecular weight is 289 g/mol. The van der Waals surface area contributed by atoms with Gasteiger partial charge in [0.2, 0.25) is 0 Å². The highest BCUT2D eigenvalue weighted by atomic mass is 35.5. The van der Waals surface area contributed by atoms with E-state index in [0.29, 0.717) is 16.3 Å². The third-order valence-corrected chi connectivity index (χ3v) is 2.96. The molecule has 6 heteroatoms. The monoisotopic (exact) mass is 288 g/mol. The molecule has 0 radical (unpaired) electrons. The molecule has 0 aliphatic carbocycles. The van der Waals surface area contributed by atoms with Gasteiger partial charge >= 0.3 is 5.97 Å². The van der Waals surface area contributed by atoms with E-state index in [4.69, 9.17) is 16.9 Å². The minimum atomic E-state index is -0.733. The van der Waals surface area contributed by atoms with E-state index >= 15 is 0 Å². The number of nitriles is 1. The highest BCUT2D eigenvalue weighted by Crippen LogP contribution is 2.20. The van der Waals surface area contributed by atoms with Gasteiger partial charge in [-0.2, -0.15) is 5.26 Å². The predicted molar refractivity (Wildman–Crippen MR) is 73.6 cm³/mol. The quantitative estimate of drug-likeness (QED) is 0.860. The molecular weight excluding hydrogens is 280 g/mol. The molecule has 0 unspecified atom stereocenters. The van der Waals surface area contributed by atoms with E-state index in [1.165, 1.54) is 13.2 Å². The molecule has 0 aliphatic rings. The van der Waals surface area contributed by atoms with E-state index in [-0.39, 0.29) is 11.1 Å². The summed E-state index contributed by atoms with van der Waals surface area (Å²) in [6.45, 7) is 0. The van der Waals surface area contributed by atoms with E-state index < -0.39 is 11.5 Å². The molecule has 0 saturated carbocycles. The maximum atomic E-state index is 11.8. The zero-order valence-electron chi connectivity index (χ0n) is 10.4. The number of pyridine rings is 1. The van der Waals surface area contributed by atoms with Crippen molar-refractivity contribution in [1.82, 2.24) is 4.98 Å². The van der Waals surface area contributed by atoms with Gasteiger partial charge in [0.25, 0.3) is 5.56 Å². The van der Waals surface area contributed by atoms with Gasteiger partial charge in [-0.15, -0.1) is 0 Å². The van der Waals surface area contributed by atoms with Crippen molar-refractivity contribution in [3.05, 3.63) is 56.8 Å². The van der Waals surface area contributed by atoms with Crippen LogP contribution in [0.3, 0.4) is 0 Å². The van der Waals surface area contributed by atoms with Crippen molar-refractivity contribution in [2.45, 2.75) is 0 Å². The number of benzene rings is 1. The zero-order chi connectivity index (χ0) is 14.7. The van der Waals surface area contributed by atoms with Crippen molar-refractivity contribution in [2.75, 3.05) is 7.11 Å². The lowest BCUT2D eigenvalue weighted by atomic mass is 10.1. The van der Waals surface area contributed by atoms with Crippen molar-refractivity contribution in [3.63, 3.8) is 0 Å². The molecular formula is C14H9ClN2O3. The SMILES string of the molecule is COC(=O)c1cc(-c2ccc(Cl)cc2)[nH]c(=O)c1C#N. The van der Waals surface area contributed by atoms with Crippen LogP contribution < -0.4 is 5.56 Å². The van der Waals surface area contributed by atoms with E-state index in [9.17, 15) is 9.59 Å². The van der Waals surface area contributed by atoms with Crippen LogP contribution in [-0.2, 0) is 4.74 Å². The number of carbonyl (C=O) groups is 1. The van der Waals surface area contributed by atoms with E-state index in [2.05, 4.69) is 9.72 Å². The standard InChI is InChI=1S/C14H9ClN2O3/c1-20-14(19)10-6-12(17-13(18)11(10)7-16)8-2-4-9(15)5-3-8/h2-6H,1H3,(H,17,18). The first-order valence-electron chi connectivity index (χ1n) is 5.58. The van der Waals surface area contributed by atoms with Crippen LogP contribution in [-0.4, -0.2) is 18.1 Å². The summed E-state index contributed by atoms with van der Waals surface area (Å²) >= 11 is 5.79. The Morgan fingerprint density at radius 1 is 1.35 bits per heavy atom. The van der Waals surface area contributed by atoms with Crippen molar-refractivity contribution in [2.24, 2.45) is 0 Å². The number of ether oxygens (including phenoxy) is 1. The maximum Gasteiger partial charge on any atom is 0.339 e. The summed E-state index contributed by atoms with van der Waals surface area (Å²) in [6.07, 6.45) is 0. The van der Waals surface area contributed by atoms with Gasteiger partial charge in [0.15, 0.2) is 0 Å². The first kappa shape index (κ1) is 13.8. The summed E-state index contributed by atoms with van der Waals surface area (Å²) in [4.78, 5) is 26.0. The van der Waals surface area contributed by atoms with E-state index in [1.54, 1.807) is 30.3 Å². The van der Waals surface area contributed by atoms with Gasteiger partial charge in [-0.3, -0.25) is 4.79 Å². The van der Waals surface area contributed by atoms with E-state index in [1.807, 2.05) is 0 Å². The Hall–Kier alpha value is -2.58. The number of nitrogens with one attached hydrogen (secondary N) is 1. The molecule has 0 amide bonds. The van der Waals surface area contributed by atoms with Gasteiger partial charge < -0.3 is 9.72 Å². The third-order valence-electron chi connectivity index (χ3n) is 2.71. The van der Waals surface area contributed by atoms with Crippen LogP contribution in [0, 0.1) is 11.3 Å². The molecule has 1 aromatic heterocycles. The normalized spacial score (nSPS) is 9.85. The smallest absolute Gasteiger partial charge is 0.339 e. The molecule has 2 rings (SSSR count). The van der Waals surface area contributed by atoms with Gasteiger partial charge in [0.05, 0.1) is 12.7 Å². The first-order chi connectivity index (χ1) is 9.56. The summed E-state index contributed by atoms with van der Waals surface area (Å²) in [5, 5.41) is 9.50. The minimum Gasteiger partial charge on any atom is -0.465 e. The first-order valence-corrected chi connectivity index (χ1v) is 5.96. The Morgan fingerprint density at radius 2 is 2.00 bits per heavy atom. The van der Waals surface area contributed by atoms with Crippen LogP contribution in [0.1, 0.15) is 15.9 Å². The topological polar surface area (TPSA) is 83.0 Å². The molecule has 1 N–H and O–H groups in total. The Morgan fingerprint density at radius 3 is 2.55 bits per heavy atom. The average Bonchev–Trinajstić information content (AvgIpc) is 2.46. The molecule has 20 heavy (non-hydrogen) atoms. The number of hydrogen-bond donors (Lipinski definition) is 1. The van der Waals surface area contributed by atoms with Crippen LogP contribution in [0.4, 0.5) is 0 Å². The molecule has 0 aliphatic heterocycles. The Balaban J connectivity index is 2.65. The van der Waals surface area contributed by atoms with Gasteiger partial charge in [0.1, 0.15) is 11.6 Å². The highest BCUT2D eigenvalue weighted by Gasteiger charge is 2.17. The van der Waals surface area contributed by atoms with E-state index in [0.717, 1.165) is 0 Å². The lowest BCUT2D eigenvalue weighted by molar-refractivity contribution is 0.0600. The third kappa shape index (κ3) is 2.56. The van der Waals surface area contributed by atoms with Crippen LogP contribution in [0.2, 0.25) is 5.02 Å². The maximum absolute atomic E-state index is 11.8. The molecule has 0 spiro atoms. The summed E-state index contributed by atoms with van der Waals surface area (Å²) in [7, 11) is 1.19. The highest BCUT2D eigenvalue weighted by molar-refractivity contribution is 6.30. The molecule has 2 aromatic rings. The Bertz CT molecular complexity index is 757. The molecule has 0 bridgehead atoms. The lowest BCUT2D eigenvalue weighted by Crippen LogP contribution is -2.17. The number of nitrogens with zero attached hydrogens (tertiary/aromatic N) is 1. The Kier molecular flexibility index (Phi) is 3.87. The number of rotatable bonds is 2. The number of H-pyrrole nitrogens is 1. The number of hydrogen-bond acceptors (Lipinski definition) is 4. The number of halogens is 1. The van der Waals surface area contributed by atoms with Gasteiger partial charge in [-0.25, -0.2) is 4.79 Å². The van der Waals surface area contributed by atoms with Crippen molar-refractivity contribution in [1.29, 1.82) is 5.26 Å². The number of carbonyl (C=O) groups excluding carboxylic acids is 1. The van der Waals surface area contributed by atoms with Crippen molar-refractivity contribution < 1.29 is 9.53 Å². The van der Waals surface area contributed by atoms with Gasteiger partial charge in [-0.1, -0.05) is 23.7 Å². The molecule has 0 atom stereocenters. The zero-order valence-corrected chi connectivity index (χ0v) is 11.2. The van der Waals surface area contributed by atoms with Gasteiger partial charge in [-0.05, 0) is 23.8 Å². The summed E-state index contributed by atoms with van der Waals surface area (Å²) < 4.78 is 4.58. The molecule has 1 heterocycles. The number of aromatic amines is 1. The second-order valence-corrected chi connectivity index (χ2v) is 4.35. The molecule has 5 nitrogen and oxygen atoms in total. The van der Waals surface area contributed by atoms with Crippen LogP contribution >= 0.6 is 11.6 Å². The molecule has 0 fully saturated rings. The second kappa shape index (κ2) is 5.59. The van der Waals surface area contributed by atoms with Crippen LogP contribution in [0.15, 0.2) is 35.1 Å². The Labute approximate surface area is 119 Å². The molecule has 0 saturated heterocycles. The van der Waals surface area contributed by atoms with Crippen LogP contribution in [0.25, 0.3) is 11.3 Å².